The average Bonchev–Trinajstić information content (AvgIpc) is 2.08. The van der Waals surface area contributed by atoms with Crippen molar-refractivity contribution < 1.29 is 17.9 Å². The molecule has 80 valence electrons. The lowest BCUT2D eigenvalue weighted by Gasteiger charge is -2.08. The maximum absolute atomic E-state index is 11.8. The van der Waals surface area contributed by atoms with Gasteiger partial charge in [0, 0.05) is 6.07 Å². The summed E-state index contributed by atoms with van der Waals surface area (Å²) >= 11 is 8.44. The van der Waals surface area contributed by atoms with Crippen molar-refractivity contribution in [3.63, 3.8) is 0 Å². The summed E-state index contributed by atoms with van der Waals surface area (Å²) in [5.74, 6) is -0.771. The molecule has 0 aliphatic heterocycles. The molecule has 1 aromatic rings. The summed E-state index contributed by atoms with van der Waals surface area (Å²) in [6.07, 6.45) is -4.86. The van der Waals surface area contributed by atoms with Crippen LogP contribution in [0.3, 0.4) is 0 Å². The van der Waals surface area contributed by atoms with Crippen molar-refractivity contribution >= 4 is 27.5 Å². The Bertz CT molecular complexity index is 429. The maximum atomic E-state index is 11.8. The van der Waals surface area contributed by atoms with Gasteiger partial charge in [-0.25, -0.2) is 4.98 Å². The Kier molecular flexibility index (Phi) is 3.42. The van der Waals surface area contributed by atoms with Crippen molar-refractivity contribution in [1.29, 1.82) is 5.26 Å². The quantitative estimate of drug-likeness (QED) is 0.800. The van der Waals surface area contributed by atoms with Gasteiger partial charge in [0.05, 0.1) is 9.50 Å². The van der Waals surface area contributed by atoms with Crippen LogP contribution in [0.4, 0.5) is 13.2 Å². The van der Waals surface area contributed by atoms with E-state index in [1.54, 1.807) is 6.07 Å². The van der Waals surface area contributed by atoms with Gasteiger partial charge in [-0.15, -0.1) is 13.2 Å². The van der Waals surface area contributed by atoms with Gasteiger partial charge in [0.2, 0.25) is 5.88 Å². The fourth-order valence-corrected chi connectivity index (χ4v) is 1.20. The summed E-state index contributed by atoms with van der Waals surface area (Å²) < 4.78 is 39.1. The van der Waals surface area contributed by atoms with Crippen LogP contribution in [0.15, 0.2) is 10.5 Å². The number of pyridine rings is 1. The fourth-order valence-electron chi connectivity index (χ4n) is 0.721. The van der Waals surface area contributed by atoms with Crippen LogP contribution < -0.4 is 4.74 Å². The van der Waals surface area contributed by atoms with Crippen molar-refractivity contribution in [2.45, 2.75) is 6.36 Å². The predicted octanol–water partition coefficient (Wildman–Crippen LogP) is 3.27. The van der Waals surface area contributed by atoms with Crippen LogP contribution in [0.5, 0.6) is 5.88 Å². The monoisotopic (exact) mass is 300 g/mol. The molecule has 15 heavy (non-hydrogen) atoms. The first-order valence-electron chi connectivity index (χ1n) is 3.35. The van der Waals surface area contributed by atoms with E-state index in [9.17, 15) is 13.2 Å². The van der Waals surface area contributed by atoms with Gasteiger partial charge in [-0.3, -0.25) is 0 Å². The molecule has 1 aromatic heterocycles. The van der Waals surface area contributed by atoms with Crippen LogP contribution >= 0.6 is 27.5 Å². The molecule has 0 N–H and O–H groups in total. The summed E-state index contributed by atoms with van der Waals surface area (Å²) in [6, 6.07) is 2.43. The Balaban J connectivity index is 3.13. The number of halogens is 5. The molecular weight excluding hydrogens is 300 g/mol. The number of nitriles is 1. The minimum atomic E-state index is -4.86. The zero-order chi connectivity index (χ0) is 11.6. The molecule has 0 aliphatic carbocycles. The van der Waals surface area contributed by atoms with E-state index in [2.05, 4.69) is 25.7 Å². The minimum Gasteiger partial charge on any atom is -0.388 e. The lowest BCUT2D eigenvalue weighted by molar-refractivity contribution is -0.276. The number of rotatable bonds is 1. The molecule has 0 radical (unpaired) electrons. The molecule has 0 fully saturated rings. The smallest absolute Gasteiger partial charge is 0.388 e. The van der Waals surface area contributed by atoms with E-state index in [0.717, 1.165) is 6.07 Å². The molecule has 0 amide bonds. The number of alkyl halides is 3. The average molecular weight is 301 g/mol. The van der Waals surface area contributed by atoms with Crippen LogP contribution in [0.25, 0.3) is 0 Å². The van der Waals surface area contributed by atoms with Crippen molar-refractivity contribution in [2.75, 3.05) is 0 Å². The van der Waals surface area contributed by atoms with Gasteiger partial charge < -0.3 is 4.74 Å². The molecule has 0 aliphatic rings. The highest BCUT2D eigenvalue weighted by Crippen LogP contribution is 2.30. The number of hydrogen-bond acceptors (Lipinski definition) is 3. The van der Waals surface area contributed by atoms with Crippen molar-refractivity contribution in [2.24, 2.45) is 0 Å². The van der Waals surface area contributed by atoms with Crippen LogP contribution in [0, 0.1) is 11.3 Å². The molecule has 1 rings (SSSR count). The minimum absolute atomic E-state index is 0.0826. The molecule has 8 heteroatoms. The molecule has 0 atom stereocenters. The van der Waals surface area contributed by atoms with E-state index in [4.69, 9.17) is 16.9 Å². The number of ether oxygens (including phenoxy) is 1. The lowest BCUT2D eigenvalue weighted by Crippen LogP contribution is -2.18. The normalized spacial score (nSPS) is 10.9. The van der Waals surface area contributed by atoms with Gasteiger partial charge in [-0.1, -0.05) is 11.6 Å². The molecule has 0 unspecified atom stereocenters. The van der Waals surface area contributed by atoms with E-state index in [0.29, 0.717) is 0 Å². The van der Waals surface area contributed by atoms with Crippen LogP contribution in [-0.2, 0) is 0 Å². The van der Waals surface area contributed by atoms with Crippen LogP contribution in [-0.4, -0.2) is 11.3 Å². The van der Waals surface area contributed by atoms with Crippen molar-refractivity contribution in [1.82, 2.24) is 4.98 Å². The Morgan fingerprint density at radius 2 is 2.13 bits per heavy atom. The molecule has 0 saturated heterocycles. The van der Waals surface area contributed by atoms with E-state index in [1.165, 1.54) is 0 Å². The van der Waals surface area contributed by atoms with Gasteiger partial charge >= 0.3 is 6.36 Å². The summed E-state index contributed by atoms with van der Waals surface area (Å²) in [7, 11) is 0. The third kappa shape index (κ3) is 3.25. The molecule has 0 aromatic carbocycles. The molecule has 0 bridgehead atoms. The first-order chi connectivity index (χ1) is 6.83. The summed E-state index contributed by atoms with van der Waals surface area (Å²) in [6.45, 7) is 0. The summed E-state index contributed by atoms with van der Waals surface area (Å²) in [5, 5.41) is 8.45. The van der Waals surface area contributed by atoms with Crippen molar-refractivity contribution in [3.8, 4) is 11.9 Å². The molecular formula is C7HBrClF3N2O. The molecule has 3 nitrogen and oxygen atoms in total. The largest absolute Gasteiger partial charge is 0.574 e. The van der Waals surface area contributed by atoms with Gasteiger partial charge in [0.1, 0.15) is 6.07 Å². The molecule has 0 saturated carbocycles. The highest BCUT2D eigenvalue weighted by molar-refractivity contribution is 9.10. The Morgan fingerprint density at radius 1 is 1.53 bits per heavy atom. The highest BCUT2D eigenvalue weighted by atomic mass is 79.9. The molecule has 0 spiro atoms. The van der Waals surface area contributed by atoms with Crippen LogP contribution in [0.2, 0.25) is 5.02 Å². The van der Waals surface area contributed by atoms with E-state index in [1.807, 2.05) is 0 Å². The number of nitrogens with zero attached hydrogens (tertiary/aromatic N) is 2. The van der Waals surface area contributed by atoms with E-state index < -0.39 is 12.2 Å². The second kappa shape index (κ2) is 4.24. The zero-order valence-electron chi connectivity index (χ0n) is 6.77. The topological polar surface area (TPSA) is 45.9 Å². The standard InChI is InChI=1S/C7HBrClF3N2O/c8-6-3(9)1-5(14-4(6)2-13)15-7(10,11)12/h1H. The number of hydrogen-bond donors (Lipinski definition) is 0. The maximum Gasteiger partial charge on any atom is 0.574 e. The van der Waals surface area contributed by atoms with E-state index >= 15 is 0 Å². The van der Waals surface area contributed by atoms with Crippen LogP contribution in [0.1, 0.15) is 5.69 Å². The second-order valence-electron chi connectivity index (χ2n) is 2.26. The highest BCUT2D eigenvalue weighted by Gasteiger charge is 2.32. The fraction of sp³-hybridized carbons (Fsp3) is 0.143. The summed E-state index contributed by atoms with van der Waals surface area (Å²) in [5.41, 5.74) is -0.276. The summed E-state index contributed by atoms with van der Waals surface area (Å²) in [4.78, 5) is 3.30. The van der Waals surface area contributed by atoms with E-state index in [-0.39, 0.29) is 15.2 Å². The SMILES string of the molecule is N#Cc1nc(OC(F)(F)F)cc(Cl)c1Br. The molecule has 1 heterocycles. The zero-order valence-corrected chi connectivity index (χ0v) is 9.11. The Hall–Kier alpha value is -1.00. The van der Waals surface area contributed by atoms with Gasteiger partial charge in [0.25, 0.3) is 0 Å². The lowest BCUT2D eigenvalue weighted by atomic mass is 10.4. The van der Waals surface area contributed by atoms with Gasteiger partial charge in [-0.2, -0.15) is 5.26 Å². The second-order valence-corrected chi connectivity index (χ2v) is 3.46. The number of aromatic nitrogens is 1. The third-order valence-electron chi connectivity index (χ3n) is 1.22. The first kappa shape index (κ1) is 12.1. The predicted molar refractivity (Wildman–Crippen MR) is 48.3 cm³/mol. The first-order valence-corrected chi connectivity index (χ1v) is 4.52. The Morgan fingerprint density at radius 3 is 2.60 bits per heavy atom. The van der Waals surface area contributed by atoms with Gasteiger partial charge in [0.15, 0.2) is 5.69 Å². The third-order valence-corrected chi connectivity index (χ3v) is 2.55. The van der Waals surface area contributed by atoms with Gasteiger partial charge in [-0.05, 0) is 15.9 Å². The Labute approximate surface area is 95.6 Å². The van der Waals surface area contributed by atoms with Crippen molar-refractivity contribution in [3.05, 3.63) is 21.3 Å².